The highest BCUT2D eigenvalue weighted by Gasteiger charge is 2.07. The maximum atomic E-state index is 11.4. The number of hydrogen-bond donors (Lipinski definition) is 1. The number of benzene rings is 1. The molecular weight excluding hydrogens is 178 g/mol. The zero-order valence-corrected chi connectivity index (χ0v) is 8.27. The number of nitrogens with two attached hydrogens (primary N) is 1. The van der Waals surface area contributed by atoms with Crippen molar-refractivity contribution in [3.63, 3.8) is 0 Å². The summed E-state index contributed by atoms with van der Waals surface area (Å²) in [5.41, 5.74) is 6.19. The van der Waals surface area contributed by atoms with E-state index in [4.69, 9.17) is 10.5 Å². The van der Waals surface area contributed by atoms with E-state index in [0.29, 0.717) is 5.56 Å². The van der Waals surface area contributed by atoms with Crippen molar-refractivity contribution in [3.05, 3.63) is 35.9 Å². The van der Waals surface area contributed by atoms with Crippen molar-refractivity contribution in [2.75, 3.05) is 6.61 Å². The summed E-state index contributed by atoms with van der Waals surface area (Å²) in [5, 5.41) is 0. The molecule has 0 aromatic heterocycles. The summed E-state index contributed by atoms with van der Waals surface area (Å²) >= 11 is 0. The molecule has 0 aliphatic rings. The van der Waals surface area contributed by atoms with Crippen LogP contribution in [0.2, 0.25) is 0 Å². The first-order valence-corrected chi connectivity index (χ1v) is 4.71. The van der Waals surface area contributed by atoms with Gasteiger partial charge in [0.15, 0.2) is 0 Å². The van der Waals surface area contributed by atoms with Crippen LogP contribution in [0.3, 0.4) is 0 Å². The fraction of sp³-hybridized carbons (Fsp3) is 0.364. The molecule has 3 nitrogen and oxygen atoms in total. The minimum Gasteiger partial charge on any atom is -0.460 e. The molecule has 0 aliphatic carbocycles. The van der Waals surface area contributed by atoms with Gasteiger partial charge in [-0.2, -0.15) is 0 Å². The van der Waals surface area contributed by atoms with Gasteiger partial charge in [-0.05, 0) is 18.6 Å². The smallest absolute Gasteiger partial charge is 0.338 e. The Morgan fingerprint density at radius 2 is 2.07 bits per heavy atom. The summed E-state index contributed by atoms with van der Waals surface area (Å²) in [7, 11) is 0. The maximum absolute atomic E-state index is 11.4. The maximum Gasteiger partial charge on any atom is 0.338 e. The van der Waals surface area contributed by atoms with E-state index in [-0.39, 0.29) is 18.6 Å². The summed E-state index contributed by atoms with van der Waals surface area (Å²) in [6.45, 7) is 2.24. The highest BCUT2D eigenvalue weighted by Crippen LogP contribution is 2.01. The molecule has 3 heteroatoms. The zero-order chi connectivity index (χ0) is 10.4. The quantitative estimate of drug-likeness (QED) is 0.738. The second kappa shape index (κ2) is 5.40. The molecule has 0 radical (unpaired) electrons. The monoisotopic (exact) mass is 193 g/mol. The fourth-order valence-corrected chi connectivity index (χ4v) is 0.958. The van der Waals surface area contributed by atoms with Gasteiger partial charge in [-0.3, -0.25) is 0 Å². The minimum absolute atomic E-state index is 0.0670. The third kappa shape index (κ3) is 3.18. The van der Waals surface area contributed by atoms with E-state index < -0.39 is 0 Å². The molecule has 76 valence electrons. The highest BCUT2D eigenvalue weighted by atomic mass is 16.5. The highest BCUT2D eigenvalue weighted by molar-refractivity contribution is 5.89. The summed E-state index contributed by atoms with van der Waals surface area (Å²) in [6.07, 6.45) is 0.808. The second-order valence-corrected chi connectivity index (χ2v) is 3.13. The lowest BCUT2D eigenvalue weighted by atomic mass is 10.2. The number of carbonyl (C=O) groups excluding carboxylic acids is 1. The number of esters is 1. The van der Waals surface area contributed by atoms with Gasteiger partial charge in [0.1, 0.15) is 6.61 Å². The molecule has 1 atom stereocenters. The third-order valence-electron chi connectivity index (χ3n) is 1.96. The SMILES string of the molecule is CCC(N)COC(=O)c1ccccc1. The van der Waals surface area contributed by atoms with Gasteiger partial charge in [-0.15, -0.1) is 0 Å². The van der Waals surface area contributed by atoms with Crippen LogP contribution in [0, 0.1) is 0 Å². The predicted molar refractivity (Wildman–Crippen MR) is 55.0 cm³/mol. The van der Waals surface area contributed by atoms with Crippen LogP contribution in [0.25, 0.3) is 0 Å². The Kier molecular flexibility index (Phi) is 4.13. The van der Waals surface area contributed by atoms with Crippen molar-refractivity contribution >= 4 is 5.97 Å². The van der Waals surface area contributed by atoms with Crippen LogP contribution in [-0.2, 0) is 4.74 Å². The Balaban J connectivity index is 2.44. The topological polar surface area (TPSA) is 52.3 Å². The lowest BCUT2D eigenvalue weighted by Gasteiger charge is -2.09. The first-order chi connectivity index (χ1) is 6.74. The Morgan fingerprint density at radius 1 is 1.43 bits per heavy atom. The molecule has 0 saturated carbocycles. The molecule has 0 bridgehead atoms. The number of ether oxygens (including phenoxy) is 1. The summed E-state index contributed by atoms with van der Waals surface area (Å²) in [6, 6.07) is 8.84. The van der Waals surface area contributed by atoms with Gasteiger partial charge in [0.25, 0.3) is 0 Å². The van der Waals surface area contributed by atoms with Crippen LogP contribution < -0.4 is 5.73 Å². The van der Waals surface area contributed by atoms with Crippen LogP contribution in [0.15, 0.2) is 30.3 Å². The lowest BCUT2D eigenvalue weighted by Crippen LogP contribution is -2.26. The average Bonchev–Trinajstić information content (AvgIpc) is 2.26. The van der Waals surface area contributed by atoms with Gasteiger partial charge in [-0.1, -0.05) is 25.1 Å². The summed E-state index contributed by atoms with van der Waals surface area (Å²) in [5.74, 6) is -0.311. The summed E-state index contributed by atoms with van der Waals surface area (Å²) in [4.78, 5) is 11.4. The molecule has 0 fully saturated rings. The van der Waals surface area contributed by atoms with Gasteiger partial charge in [0.05, 0.1) is 5.56 Å². The molecule has 1 unspecified atom stereocenters. The molecule has 1 aromatic rings. The Hall–Kier alpha value is -1.35. The van der Waals surface area contributed by atoms with Gasteiger partial charge in [-0.25, -0.2) is 4.79 Å². The van der Waals surface area contributed by atoms with Crippen molar-refractivity contribution < 1.29 is 9.53 Å². The molecule has 0 saturated heterocycles. The van der Waals surface area contributed by atoms with Gasteiger partial charge in [0.2, 0.25) is 0 Å². The lowest BCUT2D eigenvalue weighted by molar-refractivity contribution is 0.0480. The normalized spacial score (nSPS) is 12.1. The van der Waals surface area contributed by atoms with Crippen molar-refractivity contribution in [2.24, 2.45) is 5.73 Å². The van der Waals surface area contributed by atoms with Gasteiger partial charge < -0.3 is 10.5 Å². The minimum atomic E-state index is -0.311. The van der Waals surface area contributed by atoms with Gasteiger partial charge >= 0.3 is 5.97 Å². The zero-order valence-electron chi connectivity index (χ0n) is 8.27. The van der Waals surface area contributed by atoms with Crippen LogP contribution in [0.5, 0.6) is 0 Å². The first kappa shape index (κ1) is 10.7. The Bertz CT molecular complexity index is 285. The van der Waals surface area contributed by atoms with Crippen molar-refractivity contribution in [2.45, 2.75) is 19.4 Å². The van der Waals surface area contributed by atoms with Crippen LogP contribution >= 0.6 is 0 Å². The second-order valence-electron chi connectivity index (χ2n) is 3.13. The number of carbonyl (C=O) groups is 1. The summed E-state index contributed by atoms with van der Waals surface area (Å²) < 4.78 is 5.02. The predicted octanol–water partition coefficient (Wildman–Crippen LogP) is 1.58. The fourth-order valence-electron chi connectivity index (χ4n) is 0.958. The number of hydrogen-bond acceptors (Lipinski definition) is 3. The van der Waals surface area contributed by atoms with Crippen molar-refractivity contribution in [3.8, 4) is 0 Å². The molecule has 0 aliphatic heterocycles. The molecular formula is C11H15NO2. The van der Waals surface area contributed by atoms with E-state index in [9.17, 15) is 4.79 Å². The Morgan fingerprint density at radius 3 is 2.64 bits per heavy atom. The van der Waals surface area contributed by atoms with Crippen LogP contribution in [0.1, 0.15) is 23.7 Å². The molecule has 14 heavy (non-hydrogen) atoms. The van der Waals surface area contributed by atoms with Crippen molar-refractivity contribution in [1.29, 1.82) is 0 Å². The van der Waals surface area contributed by atoms with E-state index in [1.165, 1.54) is 0 Å². The van der Waals surface area contributed by atoms with E-state index >= 15 is 0 Å². The van der Waals surface area contributed by atoms with E-state index in [1.54, 1.807) is 24.3 Å². The van der Waals surface area contributed by atoms with Crippen LogP contribution in [-0.4, -0.2) is 18.6 Å². The molecule has 0 spiro atoms. The molecule has 1 rings (SSSR count). The first-order valence-electron chi connectivity index (χ1n) is 4.71. The molecule has 1 aromatic carbocycles. The molecule has 2 N–H and O–H groups in total. The molecule has 0 heterocycles. The van der Waals surface area contributed by atoms with E-state index in [0.717, 1.165) is 6.42 Å². The molecule has 0 amide bonds. The standard InChI is InChI=1S/C11H15NO2/c1-2-10(12)8-14-11(13)9-6-4-3-5-7-9/h3-7,10H,2,8,12H2,1H3. The largest absolute Gasteiger partial charge is 0.460 e. The Labute approximate surface area is 83.9 Å². The van der Waals surface area contributed by atoms with Crippen molar-refractivity contribution in [1.82, 2.24) is 0 Å². The average molecular weight is 193 g/mol. The van der Waals surface area contributed by atoms with Crippen LogP contribution in [0.4, 0.5) is 0 Å². The third-order valence-corrected chi connectivity index (χ3v) is 1.96. The van der Waals surface area contributed by atoms with E-state index in [2.05, 4.69) is 0 Å². The number of rotatable bonds is 4. The van der Waals surface area contributed by atoms with Gasteiger partial charge in [0, 0.05) is 6.04 Å². The van der Waals surface area contributed by atoms with E-state index in [1.807, 2.05) is 13.0 Å².